The van der Waals surface area contributed by atoms with Crippen molar-refractivity contribution in [2.45, 2.75) is 424 Å². The van der Waals surface area contributed by atoms with E-state index in [4.69, 9.17) is 18.9 Å². The van der Waals surface area contributed by atoms with Gasteiger partial charge in [0.05, 0.1) is 40.3 Å². The van der Waals surface area contributed by atoms with Crippen molar-refractivity contribution in [2.75, 3.05) is 47.5 Å². The highest BCUT2D eigenvalue weighted by Gasteiger charge is 2.22. The van der Waals surface area contributed by atoms with Crippen molar-refractivity contribution in [2.24, 2.45) is 0 Å². The third-order valence-corrected chi connectivity index (χ3v) is 18.4. The maximum absolute atomic E-state index is 12.9. The van der Waals surface area contributed by atoms with E-state index < -0.39 is 24.3 Å². The van der Waals surface area contributed by atoms with Crippen LogP contribution >= 0.6 is 0 Å². The SMILES string of the molecule is CCCCCCC/C=C\C/C=C\CCCCCCCCCCCCCCCC(=O)OC(COC(=O)CCCCCCCCCCCCCCCCCCCCCCCCCCCCCCC/C=C\CCCCCCCCCC)COC(OCC[N+](C)(C)C)C(=O)[O-]. The molecule has 0 aromatic heterocycles. The summed E-state index contributed by atoms with van der Waals surface area (Å²) in [5.41, 5.74) is 0. The highest BCUT2D eigenvalue weighted by molar-refractivity contribution is 5.70. The number of carbonyl (C=O) groups excluding carboxylic acids is 3. The summed E-state index contributed by atoms with van der Waals surface area (Å²) in [6.07, 6.45) is 91.4. The van der Waals surface area contributed by atoms with E-state index in [1.807, 2.05) is 21.1 Å². The van der Waals surface area contributed by atoms with Crippen molar-refractivity contribution in [3.63, 3.8) is 0 Å². The molecule has 0 saturated carbocycles. The zero-order valence-corrected chi connectivity index (χ0v) is 61.5. The molecular weight excluding hydrogens is 1130 g/mol. The fraction of sp³-hybridized carbons (Fsp3) is 0.890. The van der Waals surface area contributed by atoms with Crippen LogP contribution in [0.2, 0.25) is 0 Å². The number of nitrogens with zero attached hydrogens (tertiary/aromatic N) is 1. The summed E-state index contributed by atoms with van der Waals surface area (Å²) in [5, 5.41) is 11.8. The van der Waals surface area contributed by atoms with Gasteiger partial charge in [0.2, 0.25) is 0 Å². The molecule has 0 spiro atoms. The van der Waals surface area contributed by atoms with Gasteiger partial charge in [0, 0.05) is 12.8 Å². The second-order valence-electron chi connectivity index (χ2n) is 28.7. The van der Waals surface area contributed by atoms with Crippen molar-refractivity contribution in [3.05, 3.63) is 36.5 Å². The number of unbranched alkanes of at least 4 members (excludes halogenated alkanes) is 55. The average molecular weight is 1280 g/mol. The zero-order chi connectivity index (χ0) is 66.1. The summed E-state index contributed by atoms with van der Waals surface area (Å²) in [6.45, 7) is 4.81. The normalized spacial score (nSPS) is 12.8. The lowest BCUT2D eigenvalue weighted by molar-refractivity contribution is -0.870. The number of aliphatic carboxylic acids is 1. The molecule has 0 aromatic carbocycles. The maximum Gasteiger partial charge on any atom is 0.306 e. The molecular formula is C82H155NO8. The zero-order valence-electron chi connectivity index (χ0n) is 61.5. The van der Waals surface area contributed by atoms with Crippen LogP contribution in [-0.2, 0) is 33.3 Å². The van der Waals surface area contributed by atoms with Crippen LogP contribution in [0.4, 0.5) is 0 Å². The van der Waals surface area contributed by atoms with Crippen molar-refractivity contribution in [3.8, 4) is 0 Å². The number of carbonyl (C=O) groups is 3. The molecule has 0 aliphatic carbocycles. The van der Waals surface area contributed by atoms with Gasteiger partial charge < -0.3 is 33.3 Å². The summed E-state index contributed by atoms with van der Waals surface area (Å²) >= 11 is 0. The Balaban J connectivity index is 3.92. The third-order valence-electron chi connectivity index (χ3n) is 18.4. The Bertz CT molecular complexity index is 1590. The number of ether oxygens (including phenoxy) is 4. The molecule has 536 valence electrons. The standard InChI is InChI=1S/C82H155NO8/c1-6-8-10-12-14-16-18-20-22-24-26-28-30-32-33-34-35-36-37-38-39-40-41-42-43-44-45-46-47-49-50-52-54-56-58-60-62-64-66-68-70-72-79(84)89-76-78(77-90-82(81(86)87)88-75-74-83(3,4)5)91-80(85)73-71-69-67-65-63-61-59-57-55-53-51-48-31-29-27-25-23-21-19-17-15-13-11-9-7-2/h19,21,24-27,78,82H,6-18,20,22-23,28-77H2,1-5H3/b21-19-,26-24-,27-25-. The van der Waals surface area contributed by atoms with E-state index in [0.29, 0.717) is 23.9 Å². The Hall–Kier alpha value is -2.49. The molecule has 0 radical (unpaired) electrons. The van der Waals surface area contributed by atoms with Gasteiger partial charge in [0.1, 0.15) is 13.2 Å². The minimum atomic E-state index is -1.62. The first-order valence-corrected chi connectivity index (χ1v) is 40.1. The largest absolute Gasteiger partial charge is 0.545 e. The smallest absolute Gasteiger partial charge is 0.306 e. The number of carboxylic acid groups (broad SMARTS) is 1. The van der Waals surface area contributed by atoms with Gasteiger partial charge >= 0.3 is 11.9 Å². The maximum atomic E-state index is 12.9. The van der Waals surface area contributed by atoms with Crippen LogP contribution in [0, 0.1) is 0 Å². The summed E-state index contributed by atoms with van der Waals surface area (Å²) < 4.78 is 22.9. The summed E-state index contributed by atoms with van der Waals surface area (Å²) in [6, 6.07) is 0. The monoisotopic (exact) mass is 1280 g/mol. The molecule has 0 rings (SSSR count). The molecule has 2 atom stereocenters. The lowest BCUT2D eigenvalue weighted by Crippen LogP contribution is -2.44. The van der Waals surface area contributed by atoms with Gasteiger partial charge in [-0.1, -0.05) is 365 Å². The summed E-state index contributed by atoms with van der Waals surface area (Å²) in [7, 11) is 5.95. The number of likely N-dealkylation sites (N-methyl/N-ethyl adjacent to an activating group) is 1. The fourth-order valence-electron chi connectivity index (χ4n) is 12.2. The predicted octanol–water partition coefficient (Wildman–Crippen LogP) is 24.2. The Kier molecular flexibility index (Phi) is 71.3. The third kappa shape index (κ3) is 74.8. The second kappa shape index (κ2) is 73.3. The van der Waals surface area contributed by atoms with Crippen LogP contribution in [0.5, 0.6) is 0 Å². The molecule has 0 saturated heterocycles. The minimum absolute atomic E-state index is 0.150. The van der Waals surface area contributed by atoms with Gasteiger partial charge in [0.15, 0.2) is 12.4 Å². The molecule has 9 heteroatoms. The van der Waals surface area contributed by atoms with Gasteiger partial charge in [-0.05, 0) is 70.6 Å². The van der Waals surface area contributed by atoms with Crippen LogP contribution in [0.25, 0.3) is 0 Å². The number of hydrogen-bond acceptors (Lipinski definition) is 8. The summed E-state index contributed by atoms with van der Waals surface area (Å²) in [4.78, 5) is 37.6. The predicted molar refractivity (Wildman–Crippen MR) is 389 cm³/mol. The van der Waals surface area contributed by atoms with Crippen molar-refractivity contribution in [1.82, 2.24) is 0 Å². The first kappa shape index (κ1) is 88.5. The van der Waals surface area contributed by atoms with E-state index in [-0.39, 0.29) is 32.2 Å². The van der Waals surface area contributed by atoms with Crippen LogP contribution in [0.3, 0.4) is 0 Å². The van der Waals surface area contributed by atoms with Crippen LogP contribution < -0.4 is 5.11 Å². The van der Waals surface area contributed by atoms with E-state index in [1.165, 1.54) is 340 Å². The Morgan fingerprint density at radius 3 is 0.879 bits per heavy atom. The molecule has 91 heavy (non-hydrogen) atoms. The van der Waals surface area contributed by atoms with E-state index >= 15 is 0 Å². The Morgan fingerprint density at radius 2 is 0.593 bits per heavy atom. The molecule has 2 unspecified atom stereocenters. The van der Waals surface area contributed by atoms with Gasteiger partial charge in [-0.15, -0.1) is 0 Å². The minimum Gasteiger partial charge on any atom is -0.545 e. The molecule has 0 aliphatic rings. The lowest BCUT2D eigenvalue weighted by atomic mass is 10.0. The molecule has 0 aromatic rings. The van der Waals surface area contributed by atoms with E-state index in [9.17, 15) is 19.5 Å². The van der Waals surface area contributed by atoms with E-state index in [2.05, 4.69) is 50.3 Å². The Labute approximate surface area is 566 Å². The molecule has 0 amide bonds. The summed E-state index contributed by atoms with van der Waals surface area (Å²) in [5.74, 6) is -2.25. The Morgan fingerprint density at radius 1 is 0.330 bits per heavy atom. The molecule has 9 nitrogen and oxygen atoms in total. The van der Waals surface area contributed by atoms with E-state index in [0.717, 1.165) is 38.5 Å². The highest BCUT2D eigenvalue weighted by Crippen LogP contribution is 2.20. The van der Waals surface area contributed by atoms with E-state index in [1.54, 1.807) is 0 Å². The second-order valence-corrected chi connectivity index (χ2v) is 28.7. The van der Waals surface area contributed by atoms with Crippen molar-refractivity contribution >= 4 is 17.9 Å². The molecule has 0 heterocycles. The number of hydrogen-bond donors (Lipinski definition) is 0. The number of allylic oxidation sites excluding steroid dienone is 6. The van der Waals surface area contributed by atoms with Crippen molar-refractivity contribution in [1.29, 1.82) is 0 Å². The number of carboxylic acids is 1. The average Bonchev–Trinajstić information content (AvgIpc) is 3.46. The first-order valence-electron chi connectivity index (χ1n) is 40.1. The number of rotatable bonds is 76. The number of esters is 2. The van der Waals surface area contributed by atoms with Crippen LogP contribution in [0.15, 0.2) is 36.5 Å². The quantitative estimate of drug-likeness (QED) is 0.0195. The van der Waals surface area contributed by atoms with Gasteiger partial charge in [-0.25, -0.2) is 0 Å². The molecule has 0 N–H and O–H groups in total. The van der Waals surface area contributed by atoms with Gasteiger partial charge in [-0.2, -0.15) is 0 Å². The van der Waals surface area contributed by atoms with Gasteiger partial charge in [0.25, 0.3) is 0 Å². The molecule has 0 aliphatic heterocycles. The van der Waals surface area contributed by atoms with Crippen LogP contribution in [0.1, 0.15) is 412 Å². The van der Waals surface area contributed by atoms with Crippen molar-refractivity contribution < 1.29 is 42.9 Å². The number of quaternary nitrogens is 1. The van der Waals surface area contributed by atoms with Crippen LogP contribution in [-0.4, -0.2) is 82.3 Å². The fourth-order valence-corrected chi connectivity index (χ4v) is 12.2. The first-order chi connectivity index (χ1) is 44.6. The molecule has 0 bridgehead atoms. The lowest BCUT2D eigenvalue weighted by Gasteiger charge is -2.26. The van der Waals surface area contributed by atoms with Gasteiger partial charge in [-0.3, -0.25) is 9.59 Å². The highest BCUT2D eigenvalue weighted by atomic mass is 16.7. The topological polar surface area (TPSA) is 111 Å². The molecule has 0 fully saturated rings.